The number of nitriles is 1. The van der Waals surface area contributed by atoms with Crippen molar-refractivity contribution < 1.29 is 18.9 Å². The van der Waals surface area contributed by atoms with Crippen molar-refractivity contribution in [1.29, 1.82) is 10.7 Å². The van der Waals surface area contributed by atoms with E-state index in [-0.39, 0.29) is 5.71 Å². The molecule has 0 bridgehead atoms. The molecule has 0 fully saturated rings. The van der Waals surface area contributed by atoms with Crippen molar-refractivity contribution in [2.45, 2.75) is 5.92 Å². The van der Waals surface area contributed by atoms with Gasteiger partial charge in [0, 0.05) is 0 Å². The third-order valence-electron chi connectivity index (χ3n) is 3.98. The molecule has 0 saturated heterocycles. The van der Waals surface area contributed by atoms with Crippen molar-refractivity contribution in [3.63, 3.8) is 0 Å². The Bertz CT molecular complexity index is 833. The summed E-state index contributed by atoms with van der Waals surface area (Å²) in [7, 11) is 6.02. The van der Waals surface area contributed by atoms with Crippen LogP contribution in [0.3, 0.4) is 0 Å². The number of methoxy groups -OCH3 is 4. The van der Waals surface area contributed by atoms with Crippen LogP contribution < -0.4 is 24.7 Å². The summed E-state index contributed by atoms with van der Waals surface area (Å²) < 4.78 is 21.1. The van der Waals surface area contributed by atoms with Crippen molar-refractivity contribution in [2.24, 2.45) is 0 Å². The molecule has 0 amide bonds. The molecule has 26 heavy (non-hydrogen) atoms. The van der Waals surface area contributed by atoms with E-state index in [0.29, 0.717) is 39.8 Å². The lowest BCUT2D eigenvalue weighted by atomic mass is 9.90. The molecule has 7 heteroatoms. The van der Waals surface area contributed by atoms with Crippen LogP contribution in [0.5, 0.6) is 23.0 Å². The van der Waals surface area contributed by atoms with Crippen molar-refractivity contribution in [3.05, 3.63) is 41.5 Å². The molecule has 0 aliphatic carbocycles. The minimum atomic E-state index is -0.837. The molecule has 7 nitrogen and oxygen atoms in total. The molecule has 1 atom stereocenters. The molecule has 3 N–H and O–H groups in total. The third kappa shape index (κ3) is 3.49. The summed E-state index contributed by atoms with van der Waals surface area (Å²) in [5, 5.41) is 18.1. The van der Waals surface area contributed by atoms with E-state index in [2.05, 4.69) is 6.07 Å². The number of rotatable bonds is 7. The van der Waals surface area contributed by atoms with E-state index in [1.54, 1.807) is 30.3 Å². The Morgan fingerprint density at radius 3 is 1.96 bits per heavy atom. The number of nitrogens with zero attached hydrogens (tertiary/aromatic N) is 1. The predicted octanol–water partition coefficient (Wildman–Crippen LogP) is 2.98. The molecule has 0 spiro atoms. The van der Waals surface area contributed by atoms with Gasteiger partial charge in [0.1, 0.15) is 11.7 Å². The maximum absolute atomic E-state index is 9.68. The van der Waals surface area contributed by atoms with E-state index < -0.39 is 5.92 Å². The van der Waals surface area contributed by atoms with Crippen LogP contribution in [0.15, 0.2) is 30.3 Å². The van der Waals surface area contributed by atoms with Crippen LogP contribution in [0.4, 0.5) is 5.69 Å². The summed E-state index contributed by atoms with van der Waals surface area (Å²) in [5.41, 5.74) is 7.51. The number of nitrogen functional groups attached to an aromatic ring is 1. The van der Waals surface area contributed by atoms with Crippen molar-refractivity contribution in [3.8, 4) is 29.1 Å². The fraction of sp³-hybridized carbons (Fsp3) is 0.263. The van der Waals surface area contributed by atoms with Crippen LogP contribution in [-0.2, 0) is 0 Å². The molecule has 2 aromatic rings. The fourth-order valence-electron chi connectivity index (χ4n) is 2.64. The van der Waals surface area contributed by atoms with E-state index in [1.807, 2.05) is 0 Å². The minimum absolute atomic E-state index is 0.108. The van der Waals surface area contributed by atoms with E-state index in [1.165, 1.54) is 28.4 Å². The Morgan fingerprint density at radius 1 is 0.962 bits per heavy atom. The van der Waals surface area contributed by atoms with Gasteiger partial charge in [-0.2, -0.15) is 5.26 Å². The molecule has 0 aliphatic rings. The summed E-state index contributed by atoms with van der Waals surface area (Å²) >= 11 is 0. The first-order valence-electron chi connectivity index (χ1n) is 7.72. The maximum atomic E-state index is 9.68. The molecule has 0 heterocycles. The number of nitrogens with one attached hydrogen (secondary N) is 1. The fourth-order valence-corrected chi connectivity index (χ4v) is 2.64. The second kappa shape index (κ2) is 8.12. The molecule has 1 unspecified atom stereocenters. The SMILES string of the molecule is COc1ccc(C(=N)C(C#N)c2cc(OC)c(OC)c(OC)c2)cc1N. The molecule has 0 aliphatic heterocycles. The van der Waals surface area contributed by atoms with Crippen LogP contribution in [0.1, 0.15) is 17.0 Å². The number of nitrogens with two attached hydrogens (primary N) is 1. The van der Waals surface area contributed by atoms with Crippen molar-refractivity contribution >= 4 is 11.4 Å². The Morgan fingerprint density at radius 2 is 1.54 bits per heavy atom. The Labute approximate surface area is 152 Å². The molecule has 2 rings (SSSR count). The first-order valence-corrected chi connectivity index (χ1v) is 7.72. The van der Waals surface area contributed by atoms with Gasteiger partial charge in [-0.15, -0.1) is 0 Å². The van der Waals surface area contributed by atoms with Gasteiger partial charge in [-0.25, -0.2) is 0 Å². The highest BCUT2D eigenvalue weighted by molar-refractivity contribution is 6.05. The van der Waals surface area contributed by atoms with Crippen LogP contribution in [-0.4, -0.2) is 34.2 Å². The standard InChI is InChI=1S/C19H21N3O4/c1-23-15-6-5-11(7-14(15)21)18(22)13(10-20)12-8-16(24-2)19(26-4)17(9-12)25-3/h5-9,13,22H,21H2,1-4H3. The average Bonchev–Trinajstić information content (AvgIpc) is 2.67. The number of ether oxygens (including phenoxy) is 4. The maximum Gasteiger partial charge on any atom is 0.203 e. The molecule has 2 aromatic carbocycles. The summed E-state index contributed by atoms with van der Waals surface area (Å²) in [6.45, 7) is 0. The lowest BCUT2D eigenvalue weighted by Gasteiger charge is -2.17. The average molecular weight is 355 g/mol. The predicted molar refractivity (Wildman–Crippen MR) is 98.7 cm³/mol. The van der Waals surface area contributed by atoms with Gasteiger partial charge in [0.25, 0.3) is 0 Å². The topological polar surface area (TPSA) is 111 Å². The number of hydrogen-bond donors (Lipinski definition) is 2. The van der Waals surface area contributed by atoms with Crippen LogP contribution in [0, 0.1) is 16.7 Å². The van der Waals surface area contributed by atoms with Gasteiger partial charge in [-0.1, -0.05) is 0 Å². The first-order chi connectivity index (χ1) is 12.5. The van der Waals surface area contributed by atoms with Crippen LogP contribution in [0.25, 0.3) is 0 Å². The largest absolute Gasteiger partial charge is 0.495 e. The van der Waals surface area contributed by atoms with Gasteiger partial charge >= 0.3 is 0 Å². The van der Waals surface area contributed by atoms with Gasteiger partial charge in [0.2, 0.25) is 5.75 Å². The normalized spacial score (nSPS) is 11.2. The zero-order valence-corrected chi connectivity index (χ0v) is 15.1. The van der Waals surface area contributed by atoms with Crippen LogP contribution in [0.2, 0.25) is 0 Å². The van der Waals surface area contributed by atoms with E-state index >= 15 is 0 Å². The number of hydrogen-bond acceptors (Lipinski definition) is 7. The Kier molecular flexibility index (Phi) is 5.91. The molecular formula is C19H21N3O4. The molecule has 0 saturated carbocycles. The second-order valence-electron chi connectivity index (χ2n) is 5.39. The van der Waals surface area contributed by atoms with Gasteiger partial charge in [-0.05, 0) is 41.5 Å². The lowest BCUT2D eigenvalue weighted by Crippen LogP contribution is -2.12. The smallest absolute Gasteiger partial charge is 0.203 e. The van der Waals surface area contributed by atoms with E-state index in [9.17, 15) is 5.26 Å². The van der Waals surface area contributed by atoms with Gasteiger partial charge in [-0.3, -0.25) is 0 Å². The molecule has 0 radical (unpaired) electrons. The molecular weight excluding hydrogens is 334 g/mol. The summed E-state index contributed by atoms with van der Waals surface area (Å²) in [6, 6.07) is 10.5. The third-order valence-corrected chi connectivity index (χ3v) is 3.98. The first kappa shape index (κ1) is 18.9. The number of benzene rings is 2. The van der Waals surface area contributed by atoms with Gasteiger partial charge in [0.15, 0.2) is 11.5 Å². The van der Waals surface area contributed by atoms with Gasteiger partial charge in [0.05, 0.1) is 45.9 Å². The highest BCUT2D eigenvalue weighted by Crippen LogP contribution is 2.40. The molecule has 0 aromatic heterocycles. The number of anilines is 1. The van der Waals surface area contributed by atoms with E-state index in [4.69, 9.17) is 30.1 Å². The molecule has 136 valence electrons. The monoisotopic (exact) mass is 355 g/mol. The minimum Gasteiger partial charge on any atom is -0.495 e. The van der Waals surface area contributed by atoms with Crippen molar-refractivity contribution in [2.75, 3.05) is 34.2 Å². The Hall–Kier alpha value is -3.40. The Balaban J connectivity index is 2.49. The highest BCUT2D eigenvalue weighted by Gasteiger charge is 2.23. The zero-order chi connectivity index (χ0) is 19.3. The zero-order valence-electron chi connectivity index (χ0n) is 15.1. The summed E-state index contributed by atoms with van der Waals surface area (Å²) in [6.07, 6.45) is 0. The second-order valence-corrected chi connectivity index (χ2v) is 5.39. The quantitative estimate of drug-likeness (QED) is 0.583. The van der Waals surface area contributed by atoms with Crippen molar-refractivity contribution in [1.82, 2.24) is 0 Å². The highest BCUT2D eigenvalue weighted by atomic mass is 16.5. The van der Waals surface area contributed by atoms with Gasteiger partial charge < -0.3 is 30.1 Å². The lowest BCUT2D eigenvalue weighted by molar-refractivity contribution is 0.324. The van der Waals surface area contributed by atoms with Crippen LogP contribution >= 0.6 is 0 Å². The summed E-state index contributed by atoms with van der Waals surface area (Å²) in [4.78, 5) is 0. The van der Waals surface area contributed by atoms with E-state index in [0.717, 1.165) is 0 Å². The summed E-state index contributed by atoms with van der Waals surface area (Å²) in [5.74, 6) is 0.947.